The lowest BCUT2D eigenvalue weighted by Crippen LogP contribution is -2.36. The second-order valence-corrected chi connectivity index (χ2v) is 4.90. The fourth-order valence-electron chi connectivity index (χ4n) is 2.47. The number of aliphatic hydroxyl groups excluding tert-OH is 1. The quantitative estimate of drug-likeness (QED) is 0.815. The molecule has 1 saturated heterocycles. The highest BCUT2D eigenvalue weighted by Gasteiger charge is 2.29. The lowest BCUT2D eigenvalue weighted by molar-refractivity contribution is -0.129. The van der Waals surface area contributed by atoms with E-state index < -0.39 is 0 Å². The number of hydrogen-bond acceptors (Lipinski definition) is 4. The number of hydrogen-bond donors (Lipinski definition) is 1. The second kappa shape index (κ2) is 6.52. The molecular formula is C15H19NO4. The average molecular weight is 277 g/mol. The van der Waals surface area contributed by atoms with E-state index in [-0.39, 0.29) is 24.5 Å². The van der Waals surface area contributed by atoms with E-state index in [0.29, 0.717) is 24.9 Å². The van der Waals surface area contributed by atoms with Gasteiger partial charge in [0.15, 0.2) is 0 Å². The van der Waals surface area contributed by atoms with E-state index in [4.69, 9.17) is 0 Å². The monoisotopic (exact) mass is 277 g/mol. The van der Waals surface area contributed by atoms with Gasteiger partial charge in [-0.05, 0) is 30.5 Å². The van der Waals surface area contributed by atoms with Crippen molar-refractivity contribution in [2.24, 2.45) is 0 Å². The summed E-state index contributed by atoms with van der Waals surface area (Å²) >= 11 is 0. The SMILES string of the molecule is COC(=O)c1ccc(CCN2C(=O)CCC2CO)cc1. The van der Waals surface area contributed by atoms with Crippen molar-refractivity contribution in [1.29, 1.82) is 0 Å². The van der Waals surface area contributed by atoms with Gasteiger partial charge in [0.2, 0.25) is 5.91 Å². The molecule has 1 heterocycles. The van der Waals surface area contributed by atoms with Gasteiger partial charge in [0.1, 0.15) is 0 Å². The molecule has 1 atom stereocenters. The normalized spacial score (nSPS) is 18.4. The molecule has 5 heteroatoms. The molecule has 1 aromatic rings. The molecule has 0 aromatic heterocycles. The fourth-order valence-corrected chi connectivity index (χ4v) is 2.47. The summed E-state index contributed by atoms with van der Waals surface area (Å²) in [5, 5.41) is 9.23. The highest BCUT2D eigenvalue weighted by molar-refractivity contribution is 5.89. The summed E-state index contributed by atoms with van der Waals surface area (Å²) in [6, 6.07) is 7.12. The van der Waals surface area contributed by atoms with Crippen LogP contribution in [0.5, 0.6) is 0 Å². The maximum absolute atomic E-state index is 11.7. The second-order valence-electron chi connectivity index (χ2n) is 4.90. The number of esters is 1. The van der Waals surface area contributed by atoms with Gasteiger partial charge in [-0.1, -0.05) is 12.1 Å². The molecule has 0 spiro atoms. The van der Waals surface area contributed by atoms with Gasteiger partial charge in [-0.25, -0.2) is 4.79 Å². The Balaban J connectivity index is 1.94. The van der Waals surface area contributed by atoms with Gasteiger partial charge in [0.05, 0.1) is 25.3 Å². The standard InChI is InChI=1S/C15H19NO4/c1-20-15(19)12-4-2-11(3-5-12)8-9-16-13(10-17)6-7-14(16)18/h2-5,13,17H,6-10H2,1H3. The van der Waals surface area contributed by atoms with Gasteiger partial charge in [-0.3, -0.25) is 4.79 Å². The van der Waals surface area contributed by atoms with Crippen LogP contribution in [-0.2, 0) is 16.0 Å². The third kappa shape index (κ3) is 3.17. The van der Waals surface area contributed by atoms with Crippen molar-refractivity contribution in [1.82, 2.24) is 4.90 Å². The van der Waals surface area contributed by atoms with Crippen molar-refractivity contribution in [3.8, 4) is 0 Å². The zero-order valence-electron chi connectivity index (χ0n) is 11.5. The van der Waals surface area contributed by atoms with Crippen LogP contribution in [-0.4, -0.2) is 48.2 Å². The highest BCUT2D eigenvalue weighted by Crippen LogP contribution is 2.18. The van der Waals surface area contributed by atoms with Gasteiger partial charge < -0.3 is 14.7 Å². The molecule has 20 heavy (non-hydrogen) atoms. The Bertz CT molecular complexity index is 483. The Hall–Kier alpha value is -1.88. The van der Waals surface area contributed by atoms with Gasteiger partial charge in [-0.2, -0.15) is 0 Å². The molecule has 1 unspecified atom stereocenters. The number of carbonyl (C=O) groups is 2. The number of aliphatic hydroxyl groups is 1. The molecule has 1 amide bonds. The van der Waals surface area contributed by atoms with Crippen molar-refractivity contribution in [2.75, 3.05) is 20.3 Å². The Kier molecular flexibility index (Phi) is 4.74. The molecule has 0 aliphatic carbocycles. The molecule has 1 fully saturated rings. The van der Waals surface area contributed by atoms with Gasteiger partial charge in [-0.15, -0.1) is 0 Å². The number of methoxy groups -OCH3 is 1. The lowest BCUT2D eigenvalue weighted by Gasteiger charge is -2.23. The van der Waals surface area contributed by atoms with Crippen LogP contribution in [0.3, 0.4) is 0 Å². The van der Waals surface area contributed by atoms with Crippen LogP contribution in [0.2, 0.25) is 0 Å². The smallest absolute Gasteiger partial charge is 0.337 e. The zero-order chi connectivity index (χ0) is 14.5. The number of rotatable bonds is 5. The first-order chi connectivity index (χ1) is 9.65. The molecular weight excluding hydrogens is 258 g/mol. The van der Waals surface area contributed by atoms with Crippen LogP contribution >= 0.6 is 0 Å². The molecule has 0 saturated carbocycles. The predicted molar refractivity (Wildman–Crippen MR) is 73.3 cm³/mol. The summed E-state index contributed by atoms with van der Waals surface area (Å²) in [6.07, 6.45) is 1.97. The molecule has 1 aliphatic rings. The fraction of sp³-hybridized carbons (Fsp3) is 0.467. The minimum absolute atomic E-state index is 0.0209. The third-order valence-corrected chi connectivity index (χ3v) is 3.68. The van der Waals surface area contributed by atoms with E-state index in [2.05, 4.69) is 4.74 Å². The van der Waals surface area contributed by atoms with Crippen LogP contribution in [0.4, 0.5) is 0 Å². The molecule has 108 valence electrons. The van der Waals surface area contributed by atoms with Crippen molar-refractivity contribution in [2.45, 2.75) is 25.3 Å². The first-order valence-electron chi connectivity index (χ1n) is 6.73. The first kappa shape index (κ1) is 14.5. The van der Waals surface area contributed by atoms with E-state index in [9.17, 15) is 14.7 Å². The summed E-state index contributed by atoms with van der Waals surface area (Å²) in [5.41, 5.74) is 1.57. The number of carbonyl (C=O) groups excluding carboxylic acids is 2. The Morgan fingerprint density at radius 1 is 1.40 bits per heavy atom. The summed E-state index contributed by atoms with van der Waals surface area (Å²) in [6.45, 7) is 0.620. The number of ether oxygens (including phenoxy) is 1. The molecule has 1 aromatic carbocycles. The topological polar surface area (TPSA) is 66.8 Å². The zero-order valence-corrected chi connectivity index (χ0v) is 11.5. The number of likely N-dealkylation sites (tertiary alicyclic amines) is 1. The highest BCUT2D eigenvalue weighted by atomic mass is 16.5. The Morgan fingerprint density at radius 3 is 2.70 bits per heavy atom. The predicted octanol–water partition coefficient (Wildman–Crippen LogP) is 0.999. The van der Waals surface area contributed by atoms with Crippen LogP contribution < -0.4 is 0 Å². The summed E-state index contributed by atoms with van der Waals surface area (Å²) in [5.74, 6) is -0.248. The molecule has 0 radical (unpaired) electrons. The third-order valence-electron chi connectivity index (χ3n) is 3.68. The van der Waals surface area contributed by atoms with Gasteiger partial charge >= 0.3 is 5.97 Å². The van der Waals surface area contributed by atoms with Crippen LogP contribution in [0.15, 0.2) is 24.3 Å². The molecule has 1 aliphatic heterocycles. The first-order valence-corrected chi connectivity index (χ1v) is 6.73. The average Bonchev–Trinajstić information content (AvgIpc) is 2.85. The van der Waals surface area contributed by atoms with Crippen molar-refractivity contribution >= 4 is 11.9 Å². The minimum Gasteiger partial charge on any atom is -0.465 e. The number of amides is 1. The van der Waals surface area contributed by atoms with E-state index in [0.717, 1.165) is 12.0 Å². The van der Waals surface area contributed by atoms with E-state index in [1.807, 2.05) is 12.1 Å². The van der Waals surface area contributed by atoms with Crippen molar-refractivity contribution < 1.29 is 19.4 Å². The van der Waals surface area contributed by atoms with Crippen molar-refractivity contribution in [3.05, 3.63) is 35.4 Å². The minimum atomic E-state index is -0.355. The van der Waals surface area contributed by atoms with Crippen LogP contribution in [0.25, 0.3) is 0 Å². The van der Waals surface area contributed by atoms with Crippen LogP contribution in [0, 0.1) is 0 Å². The number of nitrogens with zero attached hydrogens (tertiary/aromatic N) is 1. The van der Waals surface area contributed by atoms with Gasteiger partial charge in [0.25, 0.3) is 0 Å². The maximum Gasteiger partial charge on any atom is 0.337 e. The van der Waals surface area contributed by atoms with Crippen LogP contribution in [0.1, 0.15) is 28.8 Å². The molecule has 5 nitrogen and oxygen atoms in total. The Morgan fingerprint density at radius 2 is 2.10 bits per heavy atom. The number of benzene rings is 1. The summed E-state index contributed by atoms with van der Waals surface area (Å²) in [7, 11) is 1.35. The van der Waals surface area contributed by atoms with E-state index >= 15 is 0 Å². The Labute approximate surface area is 118 Å². The van der Waals surface area contributed by atoms with E-state index in [1.54, 1.807) is 17.0 Å². The van der Waals surface area contributed by atoms with Gasteiger partial charge in [0, 0.05) is 13.0 Å². The maximum atomic E-state index is 11.7. The molecule has 1 N–H and O–H groups in total. The lowest BCUT2D eigenvalue weighted by atomic mass is 10.1. The van der Waals surface area contributed by atoms with Crippen molar-refractivity contribution in [3.63, 3.8) is 0 Å². The summed E-state index contributed by atoms with van der Waals surface area (Å²) in [4.78, 5) is 24.8. The largest absolute Gasteiger partial charge is 0.465 e. The molecule has 0 bridgehead atoms. The summed E-state index contributed by atoms with van der Waals surface area (Å²) < 4.78 is 4.64. The van der Waals surface area contributed by atoms with E-state index in [1.165, 1.54) is 7.11 Å². The molecule has 2 rings (SSSR count).